The Morgan fingerprint density at radius 1 is 1.73 bits per heavy atom. The number of nitrogens with two attached hydrogens (primary N) is 1. The molecular weight excluding hydrogens is 142 g/mol. The Morgan fingerprint density at radius 2 is 2.55 bits per heavy atom. The monoisotopic (exact) mass is 155 g/mol. The average Bonchev–Trinajstić information content (AvgIpc) is 2.48. The van der Waals surface area contributed by atoms with E-state index < -0.39 is 0 Å². The molecule has 1 aromatic rings. The number of rotatable bonds is 4. The molecule has 1 rings (SSSR count). The van der Waals surface area contributed by atoms with Gasteiger partial charge in [-0.2, -0.15) is 5.10 Å². The van der Waals surface area contributed by atoms with Crippen molar-refractivity contribution in [3.05, 3.63) is 18.0 Å². The summed E-state index contributed by atoms with van der Waals surface area (Å²) in [5.74, 6) is 4.89. The molecule has 0 amide bonds. The smallest absolute Gasteiger partial charge is 0.0720 e. The molecule has 0 aliphatic rings. The Balaban J connectivity index is 2.44. The van der Waals surface area contributed by atoms with Crippen molar-refractivity contribution in [1.82, 2.24) is 9.78 Å². The lowest BCUT2D eigenvalue weighted by Gasteiger charge is -1.93. The molecule has 0 radical (unpaired) electrons. The van der Waals surface area contributed by atoms with Crippen LogP contribution in [0.5, 0.6) is 0 Å². The van der Waals surface area contributed by atoms with E-state index in [1.54, 1.807) is 0 Å². The second kappa shape index (κ2) is 4.10. The van der Waals surface area contributed by atoms with Gasteiger partial charge in [-0.05, 0) is 12.5 Å². The second-order valence-corrected chi connectivity index (χ2v) is 2.33. The average molecular weight is 155 g/mol. The van der Waals surface area contributed by atoms with Gasteiger partial charge in [-0.15, -0.1) is 0 Å². The van der Waals surface area contributed by atoms with Gasteiger partial charge in [-0.3, -0.25) is 4.68 Å². The first-order valence-corrected chi connectivity index (χ1v) is 3.70. The Hall–Kier alpha value is -0.870. The summed E-state index contributed by atoms with van der Waals surface area (Å²) in [5, 5.41) is 4.11. The third-order valence-electron chi connectivity index (χ3n) is 1.52. The summed E-state index contributed by atoms with van der Waals surface area (Å²) in [6.45, 7) is 3.51. The molecule has 1 heterocycles. The fourth-order valence-electron chi connectivity index (χ4n) is 0.885. The van der Waals surface area contributed by atoms with Gasteiger partial charge in [0.05, 0.1) is 12.8 Å². The summed E-state index contributed by atoms with van der Waals surface area (Å²) in [5.41, 5.74) is 1.16. The number of aromatic nitrogens is 2. The Morgan fingerprint density at radius 3 is 3.09 bits per heavy atom. The van der Waals surface area contributed by atoms with Crippen molar-refractivity contribution < 1.29 is 4.84 Å². The lowest BCUT2D eigenvalue weighted by Crippen LogP contribution is -2.03. The van der Waals surface area contributed by atoms with E-state index in [0.29, 0.717) is 6.61 Å². The Kier molecular flexibility index (Phi) is 3.07. The maximum atomic E-state index is 4.89. The summed E-state index contributed by atoms with van der Waals surface area (Å²) in [6.07, 6.45) is 4.66. The van der Waals surface area contributed by atoms with Crippen molar-refractivity contribution >= 4 is 0 Å². The highest BCUT2D eigenvalue weighted by atomic mass is 16.6. The van der Waals surface area contributed by atoms with Crippen LogP contribution in [0.1, 0.15) is 12.5 Å². The molecule has 0 aliphatic carbocycles. The third kappa shape index (κ3) is 2.32. The third-order valence-corrected chi connectivity index (χ3v) is 1.52. The molecule has 0 fully saturated rings. The number of aryl methyl sites for hydroxylation is 1. The first kappa shape index (κ1) is 8.23. The minimum absolute atomic E-state index is 0.551. The number of hydrogen-bond donors (Lipinski definition) is 1. The second-order valence-electron chi connectivity index (χ2n) is 2.33. The van der Waals surface area contributed by atoms with Gasteiger partial charge >= 0.3 is 0 Å². The van der Waals surface area contributed by atoms with Crippen molar-refractivity contribution in [2.24, 2.45) is 5.90 Å². The maximum Gasteiger partial charge on any atom is 0.0720 e. The molecule has 0 unspecified atom stereocenters. The topological polar surface area (TPSA) is 53.1 Å². The van der Waals surface area contributed by atoms with E-state index in [2.05, 4.69) is 16.9 Å². The van der Waals surface area contributed by atoms with E-state index in [4.69, 9.17) is 5.90 Å². The highest BCUT2D eigenvalue weighted by Gasteiger charge is 1.95. The fraction of sp³-hybridized carbons (Fsp3) is 0.571. The van der Waals surface area contributed by atoms with Crippen LogP contribution < -0.4 is 5.90 Å². The van der Waals surface area contributed by atoms with Gasteiger partial charge in [-0.1, -0.05) is 0 Å². The van der Waals surface area contributed by atoms with Crippen LogP contribution in [-0.2, 0) is 17.8 Å². The summed E-state index contributed by atoms with van der Waals surface area (Å²) in [6, 6.07) is 0. The van der Waals surface area contributed by atoms with E-state index in [-0.39, 0.29) is 0 Å². The molecule has 0 bridgehead atoms. The van der Waals surface area contributed by atoms with E-state index in [0.717, 1.165) is 18.5 Å². The van der Waals surface area contributed by atoms with Gasteiger partial charge in [0.15, 0.2) is 0 Å². The quantitative estimate of drug-likeness (QED) is 0.638. The molecule has 0 aliphatic heterocycles. The zero-order valence-corrected chi connectivity index (χ0v) is 6.66. The molecule has 4 nitrogen and oxygen atoms in total. The van der Waals surface area contributed by atoms with Crippen molar-refractivity contribution in [2.45, 2.75) is 19.9 Å². The molecule has 1 aromatic heterocycles. The SMILES string of the molecule is CCn1cc(CCON)cn1. The maximum absolute atomic E-state index is 4.89. The molecule has 0 aromatic carbocycles. The first-order valence-electron chi connectivity index (χ1n) is 3.70. The summed E-state index contributed by atoms with van der Waals surface area (Å²) >= 11 is 0. The van der Waals surface area contributed by atoms with Crippen molar-refractivity contribution in [2.75, 3.05) is 6.61 Å². The molecular formula is C7H13N3O. The molecule has 0 saturated carbocycles. The molecule has 0 atom stereocenters. The van der Waals surface area contributed by atoms with E-state index >= 15 is 0 Å². The summed E-state index contributed by atoms with van der Waals surface area (Å²) < 4.78 is 1.88. The predicted molar refractivity (Wildman–Crippen MR) is 41.7 cm³/mol. The van der Waals surface area contributed by atoms with E-state index in [9.17, 15) is 0 Å². The van der Waals surface area contributed by atoms with Crippen LogP contribution >= 0.6 is 0 Å². The molecule has 62 valence electrons. The predicted octanol–water partition coefficient (Wildman–Crippen LogP) is 0.336. The van der Waals surface area contributed by atoms with Gasteiger partial charge in [0.1, 0.15) is 0 Å². The van der Waals surface area contributed by atoms with Crippen molar-refractivity contribution in [3.63, 3.8) is 0 Å². The standard InChI is InChI=1S/C7H13N3O/c1-2-10-6-7(5-9-10)3-4-11-8/h5-6H,2-4,8H2,1H3. The zero-order valence-electron chi connectivity index (χ0n) is 6.66. The van der Waals surface area contributed by atoms with Gasteiger partial charge < -0.3 is 4.84 Å². The highest BCUT2D eigenvalue weighted by molar-refractivity contribution is 5.03. The van der Waals surface area contributed by atoms with Crippen LogP contribution in [0.15, 0.2) is 12.4 Å². The molecule has 0 spiro atoms. The van der Waals surface area contributed by atoms with Crippen molar-refractivity contribution in [1.29, 1.82) is 0 Å². The molecule has 2 N–H and O–H groups in total. The molecule has 0 saturated heterocycles. The summed E-state index contributed by atoms with van der Waals surface area (Å²) in [4.78, 5) is 4.45. The van der Waals surface area contributed by atoms with E-state index in [1.165, 1.54) is 0 Å². The Bertz CT molecular complexity index is 209. The van der Waals surface area contributed by atoms with Crippen LogP contribution in [0.25, 0.3) is 0 Å². The Labute approximate surface area is 65.9 Å². The summed E-state index contributed by atoms with van der Waals surface area (Å²) in [7, 11) is 0. The van der Waals surface area contributed by atoms with Crippen LogP contribution in [0.4, 0.5) is 0 Å². The van der Waals surface area contributed by atoms with Gasteiger partial charge in [0, 0.05) is 19.2 Å². The van der Waals surface area contributed by atoms with Crippen LogP contribution in [-0.4, -0.2) is 16.4 Å². The van der Waals surface area contributed by atoms with Crippen molar-refractivity contribution in [3.8, 4) is 0 Å². The minimum Gasteiger partial charge on any atom is -0.304 e. The molecule has 4 heteroatoms. The van der Waals surface area contributed by atoms with E-state index in [1.807, 2.05) is 17.1 Å². The normalized spacial score (nSPS) is 10.4. The first-order chi connectivity index (χ1) is 5.36. The minimum atomic E-state index is 0.551. The van der Waals surface area contributed by atoms with Crippen LogP contribution in [0.2, 0.25) is 0 Å². The largest absolute Gasteiger partial charge is 0.304 e. The lowest BCUT2D eigenvalue weighted by atomic mass is 10.3. The zero-order chi connectivity index (χ0) is 8.10. The van der Waals surface area contributed by atoms with Crippen LogP contribution in [0, 0.1) is 0 Å². The lowest BCUT2D eigenvalue weighted by molar-refractivity contribution is 0.141. The van der Waals surface area contributed by atoms with Gasteiger partial charge in [0.25, 0.3) is 0 Å². The fourth-order valence-corrected chi connectivity index (χ4v) is 0.885. The molecule has 11 heavy (non-hydrogen) atoms. The van der Waals surface area contributed by atoms with Gasteiger partial charge in [0.2, 0.25) is 0 Å². The van der Waals surface area contributed by atoms with Crippen LogP contribution in [0.3, 0.4) is 0 Å². The highest BCUT2D eigenvalue weighted by Crippen LogP contribution is 1.97. The van der Waals surface area contributed by atoms with Gasteiger partial charge in [-0.25, -0.2) is 5.90 Å². The number of hydrogen-bond acceptors (Lipinski definition) is 3. The number of nitrogens with zero attached hydrogens (tertiary/aromatic N) is 2.